The van der Waals surface area contributed by atoms with E-state index in [-0.39, 0.29) is 11.6 Å². The predicted molar refractivity (Wildman–Crippen MR) is 54.1 cm³/mol. The van der Waals surface area contributed by atoms with Crippen molar-refractivity contribution in [2.45, 2.75) is 31.7 Å². The Morgan fingerprint density at radius 3 is 3.00 bits per heavy atom. The largest absolute Gasteiger partial charge is 0.328 e. The molecule has 0 unspecified atom stereocenters. The van der Waals surface area contributed by atoms with Crippen LogP contribution in [0.15, 0.2) is 11.1 Å². The predicted octanol–water partition coefficient (Wildman–Crippen LogP) is -0.0136. The molecule has 1 aromatic heterocycles. The van der Waals surface area contributed by atoms with Crippen molar-refractivity contribution >= 4 is 0 Å². The lowest BCUT2D eigenvalue weighted by Gasteiger charge is -2.04. The number of hydrogen-bond donors (Lipinski definition) is 1. The summed E-state index contributed by atoms with van der Waals surface area (Å²) < 4.78 is 1.54. The van der Waals surface area contributed by atoms with Gasteiger partial charge in [0.05, 0.1) is 12.0 Å². The quantitative estimate of drug-likeness (QED) is 0.589. The molecule has 1 aliphatic rings. The molecule has 0 saturated carbocycles. The van der Waals surface area contributed by atoms with Gasteiger partial charge in [-0.2, -0.15) is 0 Å². The Kier molecular flexibility index (Phi) is 2.37. The maximum Gasteiger partial charge on any atom is 0.256 e. The van der Waals surface area contributed by atoms with Crippen molar-refractivity contribution in [3.05, 3.63) is 27.9 Å². The number of aryl methyl sites for hydroxylation is 2. The van der Waals surface area contributed by atoms with Gasteiger partial charge >= 0.3 is 0 Å². The van der Waals surface area contributed by atoms with Crippen molar-refractivity contribution in [2.24, 2.45) is 12.8 Å². The number of fused-ring (bicyclic) bond motifs is 1. The Balaban J connectivity index is 2.46. The van der Waals surface area contributed by atoms with Crippen molar-refractivity contribution in [3.63, 3.8) is 0 Å². The molecule has 4 heteroatoms. The molecule has 4 nitrogen and oxygen atoms in total. The van der Waals surface area contributed by atoms with E-state index in [0.717, 1.165) is 36.9 Å². The fraction of sp³-hybridized carbons (Fsp3) is 0.600. The van der Waals surface area contributed by atoms with Gasteiger partial charge in [-0.1, -0.05) is 0 Å². The smallest absolute Gasteiger partial charge is 0.256 e. The Hall–Kier alpha value is -1.16. The van der Waals surface area contributed by atoms with E-state index in [9.17, 15) is 4.79 Å². The Morgan fingerprint density at radius 1 is 1.50 bits per heavy atom. The van der Waals surface area contributed by atoms with Gasteiger partial charge in [-0.05, 0) is 25.7 Å². The van der Waals surface area contributed by atoms with Crippen molar-refractivity contribution < 1.29 is 0 Å². The Bertz CT molecular complexity index is 397. The van der Waals surface area contributed by atoms with Gasteiger partial charge < -0.3 is 10.3 Å². The molecule has 0 bridgehead atoms. The zero-order valence-electron chi connectivity index (χ0n) is 8.36. The first-order valence-electron chi connectivity index (χ1n) is 4.97. The maximum absolute atomic E-state index is 11.8. The van der Waals surface area contributed by atoms with Crippen molar-refractivity contribution in [3.8, 4) is 0 Å². The average molecular weight is 193 g/mol. The zero-order valence-corrected chi connectivity index (χ0v) is 8.36. The summed E-state index contributed by atoms with van der Waals surface area (Å²) in [6.07, 6.45) is 5.04. The summed E-state index contributed by atoms with van der Waals surface area (Å²) in [6.45, 7) is 0. The molecule has 1 aliphatic carbocycles. The summed E-state index contributed by atoms with van der Waals surface area (Å²) in [4.78, 5) is 16.0. The fourth-order valence-electron chi connectivity index (χ4n) is 1.89. The van der Waals surface area contributed by atoms with Crippen molar-refractivity contribution in [1.82, 2.24) is 9.55 Å². The maximum atomic E-state index is 11.8. The topological polar surface area (TPSA) is 60.9 Å². The van der Waals surface area contributed by atoms with Gasteiger partial charge in [0.15, 0.2) is 0 Å². The number of nitrogens with zero attached hydrogens (tertiary/aromatic N) is 2. The molecule has 14 heavy (non-hydrogen) atoms. The van der Waals surface area contributed by atoms with Crippen LogP contribution >= 0.6 is 0 Å². The lowest BCUT2D eigenvalue weighted by atomic mass is 10.1. The van der Waals surface area contributed by atoms with Crippen LogP contribution in [-0.4, -0.2) is 15.6 Å². The third kappa shape index (κ3) is 1.57. The molecule has 0 spiro atoms. The summed E-state index contributed by atoms with van der Waals surface area (Å²) in [6, 6.07) is 0.217. The van der Waals surface area contributed by atoms with E-state index < -0.39 is 0 Å². The van der Waals surface area contributed by atoms with Crippen LogP contribution in [0, 0.1) is 0 Å². The monoisotopic (exact) mass is 193 g/mol. The van der Waals surface area contributed by atoms with Crippen LogP contribution in [0.4, 0.5) is 0 Å². The van der Waals surface area contributed by atoms with Gasteiger partial charge in [-0.3, -0.25) is 4.79 Å². The molecule has 0 aliphatic heterocycles. The van der Waals surface area contributed by atoms with Crippen molar-refractivity contribution in [1.29, 1.82) is 0 Å². The molecule has 2 rings (SSSR count). The van der Waals surface area contributed by atoms with Gasteiger partial charge in [-0.25, -0.2) is 4.98 Å². The van der Waals surface area contributed by atoms with E-state index in [0.29, 0.717) is 0 Å². The van der Waals surface area contributed by atoms with E-state index in [2.05, 4.69) is 4.98 Å². The standard InChI is InChI=1S/C10H15N3O/c1-13-6-12-9-5-3-7(11)2-4-8(9)10(13)14/h6-7H,2-5,11H2,1H3/t7-/m0/s1. The van der Waals surface area contributed by atoms with E-state index in [4.69, 9.17) is 5.73 Å². The van der Waals surface area contributed by atoms with Gasteiger partial charge in [0, 0.05) is 18.7 Å². The first kappa shape index (κ1) is 9.40. The molecular weight excluding hydrogens is 178 g/mol. The first-order valence-corrected chi connectivity index (χ1v) is 4.97. The molecule has 0 amide bonds. The molecule has 1 heterocycles. The summed E-state index contributed by atoms with van der Waals surface area (Å²) in [5.74, 6) is 0. The second-order valence-corrected chi connectivity index (χ2v) is 3.92. The Morgan fingerprint density at radius 2 is 2.21 bits per heavy atom. The number of hydrogen-bond acceptors (Lipinski definition) is 3. The number of nitrogens with two attached hydrogens (primary N) is 1. The lowest BCUT2D eigenvalue weighted by molar-refractivity contribution is 0.587. The van der Waals surface area contributed by atoms with Crippen LogP contribution in [0.1, 0.15) is 24.1 Å². The highest BCUT2D eigenvalue weighted by Crippen LogP contribution is 2.14. The summed E-state index contributed by atoms with van der Waals surface area (Å²) >= 11 is 0. The molecular formula is C10H15N3O. The Labute approximate surface area is 82.8 Å². The molecule has 2 N–H and O–H groups in total. The highest BCUT2D eigenvalue weighted by Gasteiger charge is 2.17. The van der Waals surface area contributed by atoms with E-state index in [1.165, 1.54) is 4.57 Å². The second kappa shape index (κ2) is 3.53. The van der Waals surface area contributed by atoms with Crippen LogP contribution in [0.25, 0.3) is 0 Å². The minimum atomic E-state index is 0.0871. The molecule has 0 radical (unpaired) electrons. The third-order valence-electron chi connectivity index (χ3n) is 2.83. The van der Waals surface area contributed by atoms with Gasteiger partial charge in [0.25, 0.3) is 5.56 Å². The molecule has 0 aromatic carbocycles. The minimum Gasteiger partial charge on any atom is -0.328 e. The van der Waals surface area contributed by atoms with E-state index in [1.807, 2.05) is 0 Å². The van der Waals surface area contributed by atoms with Crippen molar-refractivity contribution in [2.75, 3.05) is 0 Å². The minimum absolute atomic E-state index is 0.0871. The number of rotatable bonds is 0. The summed E-state index contributed by atoms with van der Waals surface area (Å²) in [5, 5.41) is 0. The average Bonchev–Trinajstić information content (AvgIpc) is 2.35. The lowest BCUT2D eigenvalue weighted by Crippen LogP contribution is -2.23. The zero-order chi connectivity index (χ0) is 10.1. The molecule has 1 aromatic rings. The van der Waals surface area contributed by atoms with E-state index in [1.54, 1.807) is 13.4 Å². The summed E-state index contributed by atoms with van der Waals surface area (Å²) in [7, 11) is 1.74. The van der Waals surface area contributed by atoms with Crippen LogP contribution in [0.2, 0.25) is 0 Å². The van der Waals surface area contributed by atoms with Crippen LogP contribution in [0.3, 0.4) is 0 Å². The van der Waals surface area contributed by atoms with Gasteiger partial charge in [0.2, 0.25) is 0 Å². The van der Waals surface area contributed by atoms with E-state index >= 15 is 0 Å². The SMILES string of the molecule is Cn1cnc2c(c1=O)CC[C@H](N)CC2. The second-order valence-electron chi connectivity index (χ2n) is 3.92. The highest BCUT2D eigenvalue weighted by atomic mass is 16.1. The van der Waals surface area contributed by atoms with Crippen LogP contribution < -0.4 is 11.3 Å². The first-order chi connectivity index (χ1) is 6.68. The molecule has 1 atom stereocenters. The summed E-state index contributed by atoms with van der Waals surface area (Å²) in [5.41, 5.74) is 7.76. The van der Waals surface area contributed by atoms with Crippen LogP contribution in [0.5, 0.6) is 0 Å². The third-order valence-corrected chi connectivity index (χ3v) is 2.83. The molecule has 0 saturated heterocycles. The van der Waals surface area contributed by atoms with Gasteiger partial charge in [-0.15, -0.1) is 0 Å². The van der Waals surface area contributed by atoms with Gasteiger partial charge in [0.1, 0.15) is 0 Å². The fourth-order valence-corrected chi connectivity index (χ4v) is 1.89. The molecule has 0 fully saturated rings. The molecule has 76 valence electrons. The van der Waals surface area contributed by atoms with Crippen LogP contribution in [-0.2, 0) is 19.9 Å². The normalized spacial score (nSPS) is 21.4. The number of aromatic nitrogens is 2. The highest BCUT2D eigenvalue weighted by molar-refractivity contribution is 5.19.